The molecular formula is C25H29N5O3S. The van der Waals surface area contributed by atoms with Crippen molar-refractivity contribution in [3.8, 4) is 22.2 Å². The number of rotatable bonds is 6. The molecule has 9 heteroatoms. The lowest BCUT2D eigenvalue weighted by Crippen LogP contribution is -2.48. The largest absolute Gasteiger partial charge is 0.493 e. The molecule has 1 aliphatic carbocycles. The van der Waals surface area contributed by atoms with E-state index in [2.05, 4.69) is 32.5 Å². The zero-order valence-corrected chi connectivity index (χ0v) is 20.3. The second-order valence-electron chi connectivity index (χ2n) is 8.74. The van der Waals surface area contributed by atoms with E-state index in [-0.39, 0.29) is 18.1 Å². The molecule has 5 rings (SSSR count). The number of nitrogens with one attached hydrogen (secondary N) is 1. The first-order valence-corrected chi connectivity index (χ1v) is 12.6. The molecule has 1 amide bonds. The van der Waals surface area contributed by atoms with Gasteiger partial charge in [0.05, 0.1) is 31.1 Å². The summed E-state index contributed by atoms with van der Waals surface area (Å²) in [4.78, 5) is 27.0. The number of methoxy groups -OCH3 is 1. The van der Waals surface area contributed by atoms with E-state index >= 15 is 0 Å². The fourth-order valence-electron chi connectivity index (χ4n) is 4.60. The van der Waals surface area contributed by atoms with Gasteiger partial charge in [0.15, 0.2) is 11.5 Å². The molecule has 2 aliphatic rings. The molecule has 3 aromatic rings. The maximum absolute atomic E-state index is 13.4. The van der Waals surface area contributed by atoms with Gasteiger partial charge >= 0.3 is 0 Å². The fraction of sp³-hybridized carbons (Fsp3) is 0.440. The van der Waals surface area contributed by atoms with Crippen molar-refractivity contribution in [2.45, 2.75) is 57.6 Å². The van der Waals surface area contributed by atoms with Crippen molar-refractivity contribution in [2.75, 3.05) is 13.7 Å². The third kappa shape index (κ3) is 4.76. The normalized spacial score (nSPS) is 18.8. The third-order valence-corrected chi connectivity index (χ3v) is 7.56. The van der Waals surface area contributed by atoms with Crippen LogP contribution < -0.4 is 14.9 Å². The first-order valence-electron chi connectivity index (χ1n) is 11.8. The van der Waals surface area contributed by atoms with Gasteiger partial charge < -0.3 is 9.47 Å². The molecule has 178 valence electrons. The molecule has 3 heterocycles. The Morgan fingerprint density at radius 2 is 2.00 bits per heavy atom. The van der Waals surface area contributed by atoms with Crippen LogP contribution in [-0.2, 0) is 0 Å². The molecule has 1 saturated heterocycles. The van der Waals surface area contributed by atoms with Gasteiger partial charge in [0, 0.05) is 18.9 Å². The van der Waals surface area contributed by atoms with Gasteiger partial charge in [-0.2, -0.15) is 0 Å². The fourth-order valence-corrected chi connectivity index (χ4v) is 5.57. The number of aryl methyl sites for hydroxylation is 1. The Bertz CT molecular complexity index is 1150. The summed E-state index contributed by atoms with van der Waals surface area (Å²) < 4.78 is 11.8. The number of hydrazine groups is 1. The van der Waals surface area contributed by atoms with Crippen LogP contribution in [0.25, 0.3) is 10.7 Å². The molecule has 1 aromatic carbocycles. The quantitative estimate of drug-likeness (QED) is 0.547. The molecule has 8 nitrogen and oxygen atoms in total. The third-order valence-electron chi connectivity index (χ3n) is 6.39. The number of ether oxygens (including phenoxy) is 2. The number of amides is 1. The van der Waals surface area contributed by atoms with Crippen LogP contribution in [0.15, 0.2) is 36.8 Å². The van der Waals surface area contributed by atoms with Crippen molar-refractivity contribution in [3.05, 3.63) is 52.9 Å². The van der Waals surface area contributed by atoms with E-state index in [0.29, 0.717) is 27.8 Å². The van der Waals surface area contributed by atoms with Crippen LogP contribution in [-0.4, -0.2) is 45.6 Å². The van der Waals surface area contributed by atoms with Gasteiger partial charge in [-0.25, -0.2) is 10.4 Å². The molecule has 1 N–H and O–H groups in total. The number of carbonyl (C=O) groups excluding carboxylic acids is 1. The summed E-state index contributed by atoms with van der Waals surface area (Å²) in [6.07, 6.45) is 11.6. The Morgan fingerprint density at radius 1 is 1.15 bits per heavy atom. The molecule has 0 radical (unpaired) electrons. The summed E-state index contributed by atoms with van der Waals surface area (Å²) in [5, 5.41) is 2.42. The van der Waals surface area contributed by atoms with Crippen molar-refractivity contribution in [1.29, 1.82) is 0 Å². The highest BCUT2D eigenvalue weighted by molar-refractivity contribution is 7.17. The van der Waals surface area contributed by atoms with Gasteiger partial charge in [0.1, 0.15) is 15.6 Å². The zero-order valence-electron chi connectivity index (χ0n) is 19.5. The van der Waals surface area contributed by atoms with Crippen molar-refractivity contribution in [1.82, 2.24) is 25.4 Å². The summed E-state index contributed by atoms with van der Waals surface area (Å²) in [6.45, 7) is 2.51. The number of benzene rings is 1. The van der Waals surface area contributed by atoms with Gasteiger partial charge in [-0.15, -0.1) is 11.3 Å². The van der Waals surface area contributed by atoms with Crippen LogP contribution >= 0.6 is 11.3 Å². The Morgan fingerprint density at radius 3 is 2.76 bits per heavy atom. The van der Waals surface area contributed by atoms with E-state index in [0.717, 1.165) is 42.7 Å². The minimum Gasteiger partial charge on any atom is -0.493 e. The van der Waals surface area contributed by atoms with Crippen LogP contribution in [0.1, 0.15) is 65.5 Å². The summed E-state index contributed by atoms with van der Waals surface area (Å²) in [5.74, 6) is 1.46. The van der Waals surface area contributed by atoms with Gasteiger partial charge in [0.25, 0.3) is 5.91 Å². The first-order chi connectivity index (χ1) is 16.6. The lowest BCUT2D eigenvalue weighted by atomic mass is 10.00. The van der Waals surface area contributed by atoms with Crippen molar-refractivity contribution in [3.63, 3.8) is 0 Å². The molecular weight excluding hydrogens is 450 g/mol. The van der Waals surface area contributed by atoms with E-state index in [9.17, 15) is 4.79 Å². The minimum atomic E-state index is -0.0641. The second kappa shape index (κ2) is 10.1. The van der Waals surface area contributed by atoms with E-state index < -0.39 is 0 Å². The number of hydrogen-bond acceptors (Lipinski definition) is 8. The van der Waals surface area contributed by atoms with Crippen molar-refractivity contribution < 1.29 is 14.3 Å². The minimum absolute atomic E-state index is 0.0159. The number of nitrogens with zero attached hydrogens (tertiary/aromatic N) is 4. The summed E-state index contributed by atoms with van der Waals surface area (Å²) in [6, 6.07) is 6.09. The summed E-state index contributed by atoms with van der Waals surface area (Å²) in [5.41, 5.74) is 5.91. The van der Waals surface area contributed by atoms with E-state index in [1.165, 1.54) is 24.2 Å². The molecule has 0 spiro atoms. The molecule has 1 saturated carbocycles. The van der Waals surface area contributed by atoms with Crippen LogP contribution in [0, 0.1) is 6.92 Å². The van der Waals surface area contributed by atoms with Crippen LogP contribution in [0.2, 0.25) is 0 Å². The SMILES string of the molecule is COc1ccc(C2CCCN(C(=O)c3sc(-c4cnccn4)nc3C)N2)cc1OC1CCCC1. The monoisotopic (exact) mass is 479 g/mol. The molecule has 1 aliphatic heterocycles. The Kier molecular flexibility index (Phi) is 6.73. The van der Waals surface area contributed by atoms with Crippen molar-refractivity contribution >= 4 is 17.2 Å². The zero-order chi connectivity index (χ0) is 23.5. The summed E-state index contributed by atoms with van der Waals surface area (Å²) in [7, 11) is 1.67. The average molecular weight is 480 g/mol. The number of hydrogen-bond donors (Lipinski definition) is 1. The highest BCUT2D eigenvalue weighted by Gasteiger charge is 2.29. The molecule has 2 fully saturated rings. The van der Waals surface area contributed by atoms with Gasteiger partial charge in [-0.05, 0) is 63.1 Å². The Labute approximate surface area is 203 Å². The van der Waals surface area contributed by atoms with Gasteiger partial charge in [0.2, 0.25) is 0 Å². The molecule has 1 atom stereocenters. The number of carbonyl (C=O) groups is 1. The average Bonchev–Trinajstić information content (AvgIpc) is 3.54. The van der Waals surface area contributed by atoms with E-state index in [4.69, 9.17) is 9.47 Å². The molecule has 1 unspecified atom stereocenters. The van der Waals surface area contributed by atoms with Gasteiger partial charge in [-0.1, -0.05) is 6.07 Å². The maximum Gasteiger partial charge on any atom is 0.279 e. The summed E-state index contributed by atoms with van der Waals surface area (Å²) >= 11 is 1.36. The van der Waals surface area contributed by atoms with Crippen LogP contribution in [0.5, 0.6) is 11.5 Å². The van der Waals surface area contributed by atoms with E-state index in [1.807, 2.05) is 13.0 Å². The van der Waals surface area contributed by atoms with Crippen LogP contribution in [0.3, 0.4) is 0 Å². The Balaban J connectivity index is 1.33. The lowest BCUT2D eigenvalue weighted by molar-refractivity contribution is 0.0537. The standard InChI is InChI=1S/C25H29N5O3S/c1-16-23(34-24(28-16)20-15-26-11-12-27-20)25(31)30-13-5-8-19(29-30)17-9-10-21(32-2)22(14-17)33-18-6-3-4-7-18/h9-12,14-15,18-19,29H,3-8,13H2,1-2H3. The van der Waals surface area contributed by atoms with E-state index in [1.54, 1.807) is 30.7 Å². The number of thiazole rings is 1. The highest BCUT2D eigenvalue weighted by Crippen LogP contribution is 2.36. The lowest BCUT2D eigenvalue weighted by Gasteiger charge is -2.34. The first kappa shape index (κ1) is 22.7. The topological polar surface area (TPSA) is 89.5 Å². The molecule has 2 aromatic heterocycles. The van der Waals surface area contributed by atoms with Gasteiger partial charge in [-0.3, -0.25) is 19.8 Å². The second-order valence-corrected chi connectivity index (χ2v) is 9.74. The van der Waals surface area contributed by atoms with Crippen LogP contribution in [0.4, 0.5) is 0 Å². The smallest absolute Gasteiger partial charge is 0.279 e. The molecule has 34 heavy (non-hydrogen) atoms. The number of aromatic nitrogens is 3. The Hall–Kier alpha value is -3.04. The predicted octanol–water partition coefficient (Wildman–Crippen LogP) is 4.72. The molecule has 0 bridgehead atoms. The highest BCUT2D eigenvalue weighted by atomic mass is 32.1. The maximum atomic E-state index is 13.4. The predicted molar refractivity (Wildman–Crippen MR) is 130 cm³/mol. The van der Waals surface area contributed by atoms with Crippen molar-refractivity contribution in [2.24, 2.45) is 0 Å².